The van der Waals surface area contributed by atoms with Crippen LogP contribution in [0.4, 0.5) is 14.9 Å². The molecule has 3 rings (SSSR count). The first-order valence-corrected chi connectivity index (χ1v) is 7.84. The predicted molar refractivity (Wildman–Crippen MR) is 87.6 cm³/mol. The number of halogens is 1. The predicted octanol–water partition coefficient (Wildman–Crippen LogP) is 2.42. The fourth-order valence-corrected chi connectivity index (χ4v) is 2.77. The molecule has 8 heteroatoms. The van der Waals surface area contributed by atoms with E-state index in [9.17, 15) is 18.8 Å². The number of urea groups is 1. The van der Waals surface area contributed by atoms with Gasteiger partial charge in [-0.25, -0.2) is 14.1 Å². The Labute approximate surface area is 140 Å². The molecule has 0 spiro atoms. The molecule has 2 heterocycles. The van der Waals surface area contributed by atoms with Crippen LogP contribution in [0.5, 0.6) is 0 Å². The zero-order chi connectivity index (χ0) is 17.1. The Bertz CT molecular complexity index is 816. The van der Waals surface area contributed by atoms with Crippen molar-refractivity contribution in [3.05, 3.63) is 58.2 Å². The first-order chi connectivity index (χ1) is 11.5. The van der Waals surface area contributed by atoms with Gasteiger partial charge in [0.15, 0.2) is 0 Å². The average Bonchev–Trinajstić information content (AvgIpc) is 3.14. The summed E-state index contributed by atoms with van der Waals surface area (Å²) < 4.78 is 12.8. The van der Waals surface area contributed by atoms with Crippen LogP contribution >= 0.6 is 11.3 Å². The fraction of sp³-hybridized carbons (Fsp3) is 0.0625. The Balaban J connectivity index is 1.66. The van der Waals surface area contributed by atoms with E-state index >= 15 is 0 Å². The number of carbonyl (C=O) groups excluding carboxylic acids is 3. The van der Waals surface area contributed by atoms with E-state index in [2.05, 4.69) is 10.6 Å². The summed E-state index contributed by atoms with van der Waals surface area (Å²) in [5.41, 5.74) is 0.500. The molecule has 122 valence electrons. The molecule has 0 saturated carbocycles. The van der Waals surface area contributed by atoms with E-state index in [0.29, 0.717) is 5.69 Å². The third-order valence-electron chi connectivity index (χ3n) is 3.22. The third kappa shape index (κ3) is 3.49. The van der Waals surface area contributed by atoms with Gasteiger partial charge in [0.25, 0.3) is 5.91 Å². The SMILES string of the molecule is O=C(CN1C(=O)N/C(=C\c2cccs2)C1=O)Nc1ccc(F)cc1. The molecule has 1 saturated heterocycles. The van der Waals surface area contributed by atoms with Crippen LogP contribution in [0.2, 0.25) is 0 Å². The van der Waals surface area contributed by atoms with Crippen LogP contribution in [0.25, 0.3) is 6.08 Å². The lowest BCUT2D eigenvalue weighted by molar-refractivity contribution is -0.127. The summed E-state index contributed by atoms with van der Waals surface area (Å²) in [6.07, 6.45) is 1.56. The maximum Gasteiger partial charge on any atom is 0.329 e. The van der Waals surface area contributed by atoms with Gasteiger partial charge < -0.3 is 10.6 Å². The molecule has 0 aliphatic carbocycles. The Hall–Kier alpha value is -3.00. The lowest BCUT2D eigenvalue weighted by Crippen LogP contribution is -2.38. The van der Waals surface area contributed by atoms with Crippen molar-refractivity contribution in [3.63, 3.8) is 0 Å². The molecule has 1 fully saturated rings. The van der Waals surface area contributed by atoms with Crippen LogP contribution in [0.15, 0.2) is 47.5 Å². The highest BCUT2D eigenvalue weighted by molar-refractivity contribution is 7.10. The first-order valence-electron chi connectivity index (χ1n) is 6.96. The van der Waals surface area contributed by atoms with Crippen molar-refractivity contribution < 1.29 is 18.8 Å². The van der Waals surface area contributed by atoms with Crippen molar-refractivity contribution in [2.45, 2.75) is 0 Å². The van der Waals surface area contributed by atoms with Gasteiger partial charge in [0.1, 0.15) is 18.1 Å². The third-order valence-corrected chi connectivity index (χ3v) is 4.04. The van der Waals surface area contributed by atoms with Crippen LogP contribution < -0.4 is 10.6 Å². The van der Waals surface area contributed by atoms with E-state index in [1.807, 2.05) is 11.4 Å². The van der Waals surface area contributed by atoms with Gasteiger partial charge in [-0.1, -0.05) is 6.07 Å². The van der Waals surface area contributed by atoms with Crippen molar-refractivity contribution in [2.75, 3.05) is 11.9 Å². The maximum absolute atomic E-state index is 12.8. The summed E-state index contributed by atoms with van der Waals surface area (Å²) in [5.74, 6) is -1.55. The number of anilines is 1. The first kappa shape index (κ1) is 15.9. The van der Waals surface area contributed by atoms with Gasteiger partial charge in [-0.15, -0.1) is 11.3 Å². The standard InChI is InChI=1S/C16H12FN3O3S/c17-10-3-5-11(6-4-10)18-14(21)9-20-15(22)13(19-16(20)23)8-12-2-1-7-24-12/h1-8H,9H2,(H,18,21)(H,19,23)/b13-8-. The highest BCUT2D eigenvalue weighted by Gasteiger charge is 2.34. The van der Waals surface area contributed by atoms with Gasteiger partial charge in [-0.2, -0.15) is 0 Å². The number of rotatable bonds is 4. The van der Waals surface area contributed by atoms with Crippen LogP contribution in [-0.4, -0.2) is 29.3 Å². The maximum atomic E-state index is 12.8. The quantitative estimate of drug-likeness (QED) is 0.660. The zero-order valence-corrected chi connectivity index (χ0v) is 13.1. The van der Waals surface area contributed by atoms with Gasteiger partial charge in [-0.3, -0.25) is 9.59 Å². The van der Waals surface area contributed by atoms with Gasteiger partial charge in [0.05, 0.1) is 0 Å². The van der Waals surface area contributed by atoms with E-state index in [4.69, 9.17) is 0 Å². The number of imide groups is 1. The minimum Gasteiger partial charge on any atom is -0.325 e. The molecule has 24 heavy (non-hydrogen) atoms. The molecule has 2 N–H and O–H groups in total. The normalized spacial score (nSPS) is 15.7. The Kier molecular flexibility index (Phi) is 4.39. The van der Waals surface area contributed by atoms with Crippen LogP contribution in [0.1, 0.15) is 4.88 Å². The average molecular weight is 345 g/mol. The molecule has 1 aromatic heterocycles. The summed E-state index contributed by atoms with van der Waals surface area (Å²) in [6, 6.07) is 8.16. The highest BCUT2D eigenvalue weighted by atomic mass is 32.1. The van der Waals surface area contributed by atoms with Crippen LogP contribution in [0.3, 0.4) is 0 Å². The summed E-state index contributed by atoms with van der Waals surface area (Å²) in [5, 5.41) is 6.79. The molecule has 0 radical (unpaired) electrons. The number of carbonyl (C=O) groups is 3. The second-order valence-electron chi connectivity index (χ2n) is 4.95. The van der Waals surface area contributed by atoms with Crippen molar-refractivity contribution in [1.82, 2.24) is 10.2 Å². The molecular formula is C16H12FN3O3S. The Morgan fingerprint density at radius 1 is 1.25 bits per heavy atom. The van der Waals surface area contributed by atoms with E-state index in [1.54, 1.807) is 12.1 Å². The van der Waals surface area contributed by atoms with Crippen molar-refractivity contribution in [2.24, 2.45) is 0 Å². The molecule has 4 amide bonds. The number of benzene rings is 1. The Morgan fingerprint density at radius 3 is 2.67 bits per heavy atom. The molecule has 1 aromatic carbocycles. The molecule has 2 aromatic rings. The van der Waals surface area contributed by atoms with Gasteiger partial charge in [0.2, 0.25) is 5.91 Å². The summed E-state index contributed by atoms with van der Waals surface area (Å²) in [6.45, 7) is -0.427. The van der Waals surface area contributed by atoms with Crippen LogP contribution in [0, 0.1) is 5.82 Å². The highest BCUT2D eigenvalue weighted by Crippen LogP contribution is 2.17. The lowest BCUT2D eigenvalue weighted by Gasteiger charge is -2.11. The number of nitrogens with zero attached hydrogens (tertiary/aromatic N) is 1. The number of amides is 4. The summed E-state index contributed by atoms with van der Waals surface area (Å²) >= 11 is 1.42. The van der Waals surface area contributed by atoms with Gasteiger partial charge >= 0.3 is 6.03 Å². The second kappa shape index (κ2) is 6.63. The molecule has 0 atom stereocenters. The van der Waals surface area contributed by atoms with E-state index in [-0.39, 0.29) is 5.70 Å². The van der Waals surface area contributed by atoms with E-state index in [0.717, 1.165) is 9.78 Å². The summed E-state index contributed by atoms with van der Waals surface area (Å²) in [7, 11) is 0. The minimum absolute atomic E-state index is 0.122. The van der Waals surface area contributed by atoms with Crippen molar-refractivity contribution >= 4 is 40.9 Å². The minimum atomic E-state index is -0.655. The largest absolute Gasteiger partial charge is 0.329 e. The van der Waals surface area contributed by atoms with Gasteiger partial charge in [0, 0.05) is 10.6 Å². The smallest absolute Gasteiger partial charge is 0.325 e. The van der Waals surface area contributed by atoms with E-state index in [1.165, 1.54) is 35.6 Å². The molecule has 0 bridgehead atoms. The number of thiophene rings is 1. The van der Waals surface area contributed by atoms with Crippen molar-refractivity contribution in [1.29, 1.82) is 0 Å². The number of nitrogens with one attached hydrogen (secondary N) is 2. The topological polar surface area (TPSA) is 78.5 Å². The molecule has 1 aliphatic heterocycles. The number of hydrogen-bond donors (Lipinski definition) is 2. The van der Waals surface area contributed by atoms with E-state index < -0.39 is 30.2 Å². The second-order valence-corrected chi connectivity index (χ2v) is 5.93. The molecule has 1 aliphatic rings. The number of hydrogen-bond acceptors (Lipinski definition) is 4. The monoisotopic (exact) mass is 345 g/mol. The summed E-state index contributed by atoms with van der Waals surface area (Å²) in [4.78, 5) is 37.7. The Morgan fingerprint density at radius 2 is 2.00 bits per heavy atom. The molecule has 0 unspecified atom stereocenters. The van der Waals surface area contributed by atoms with Crippen LogP contribution in [-0.2, 0) is 9.59 Å². The van der Waals surface area contributed by atoms with Crippen molar-refractivity contribution in [3.8, 4) is 0 Å². The molecule has 6 nitrogen and oxygen atoms in total. The lowest BCUT2D eigenvalue weighted by atomic mass is 10.3. The fourth-order valence-electron chi connectivity index (χ4n) is 2.11. The molecular weight excluding hydrogens is 333 g/mol. The van der Waals surface area contributed by atoms with Gasteiger partial charge in [-0.05, 0) is 41.8 Å². The zero-order valence-electron chi connectivity index (χ0n) is 12.3.